The van der Waals surface area contributed by atoms with E-state index in [1.807, 2.05) is 40.6 Å². The van der Waals surface area contributed by atoms with Crippen LogP contribution < -0.4 is 0 Å². The first-order chi connectivity index (χ1) is 12.2. The maximum absolute atomic E-state index is 12.9. The minimum Gasteiger partial charge on any atom is -0.377 e. The molecule has 0 bridgehead atoms. The van der Waals surface area contributed by atoms with Gasteiger partial charge in [0.15, 0.2) is 0 Å². The van der Waals surface area contributed by atoms with Crippen LogP contribution in [-0.2, 0) is 11.8 Å². The molecule has 0 N–H and O–H groups in total. The van der Waals surface area contributed by atoms with Gasteiger partial charge < -0.3 is 9.64 Å². The molecule has 1 aliphatic rings. The number of aromatic nitrogens is 3. The lowest BCUT2D eigenvalue weighted by atomic mass is 10.1. The van der Waals surface area contributed by atoms with Crippen LogP contribution in [0.5, 0.6) is 0 Å². The van der Waals surface area contributed by atoms with Crippen LogP contribution in [0.1, 0.15) is 22.2 Å². The van der Waals surface area contributed by atoms with Gasteiger partial charge in [-0.05, 0) is 6.07 Å². The number of morpholine rings is 1. The normalized spacial score (nSPS) is 17.6. The largest absolute Gasteiger partial charge is 0.377 e. The van der Waals surface area contributed by atoms with Crippen LogP contribution in [0.3, 0.4) is 0 Å². The van der Waals surface area contributed by atoms with Crippen molar-refractivity contribution < 1.29 is 9.53 Å². The Hall–Kier alpha value is -2.51. The van der Waals surface area contributed by atoms with Crippen molar-refractivity contribution in [3.05, 3.63) is 59.4 Å². The number of benzene rings is 1. The van der Waals surface area contributed by atoms with Gasteiger partial charge in [0.2, 0.25) is 0 Å². The molecule has 1 amide bonds. The Kier molecular flexibility index (Phi) is 4.33. The van der Waals surface area contributed by atoms with Crippen molar-refractivity contribution in [2.45, 2.75) is 6.04 Å². The van der Waals surface area contributed by atoms with Gasteiger partial charge in [0, 0.05) is 30.7 Å². The van der Waals surface area contributed by atoms with Gasteiger partial charge in [0.05, 0.1) is 24.9 Å². The second-order valence-corrected chi connectivity index (χ2v) is 6.73. The van der Waals surface area contributed by atoms with E-state index < -0.39 is 0 Å². The van der Waals surface area contributed by atoms with Gasteiger partial charge in [0.1, 0.15) is 10.7 Å². The summed E-state index contributed by atoms with van der Waals surface area (Å²) in [7, 11) is 1.78. The maximum Gasteiger partial charge on any atom is 0.272 e. The molecule has 128 valence electrons. The highest BCUT2D eigenvalue weighted by Gasteiger charge is 2.32. The molecule has 0 unspecified atom stereocenters. The smallest absolute Gasteiger partial charge is 0.272 e. The van der Waals surface area contributed by atoms with Gasteiger partial charge in [-0.25, -0.2) is 4.98 Å². The summed E-state index contributed by atoms with van der Waals surface area (Å²) >= 11 is 1.59. The Morgan fingerprint density at radius 1 is 1.28 bits per heavy atom. The predicted molar refractivity (Wildman–Crippen MR) is 95.4 cm³/mol. The molecule has 1 aromatic carbocycles. The molecular formula is C18H18N4O2S. The third kappa shape index (κ3) is 3.08. The number of aryl methyl sites for hydroxylation is 1. The molecule has 3 aromatic rings. The first-order valence-electron chi connectivity index (χ1n) is 8.11. The number of rotatable bonds is 3. The van der Waals surface area contributed by atoms with E-state index in [-0.39, 0.29) is 11.9 Å². The lowest BCUT2D eigenvalue weighted by Crippen LogP contribution is -2.44. The van der Waals surface area contributed by atoms with Crippen LogP contribution >= 0.6 is 11.3 Å². The van der Waals surface area contributed by atoms with Crippen LogP contribution in [0, 0.1) is 0 Å². The monoisotopic (exact) mass is 354 g/mol. The molecule has 1 atom stereocenters. The summed E-state index contributed by atoms with van der Waals surface area (Å²) in [5, 5.41) is 7.07. The molecule has 1 aliphatic heterocycles. The summed E-state index contributed by atoms with van der Waals surface area (Å²) < 4.78 is 7.23. The molecule has 0 saturated carbocycles. The van der Waals surface area contributed by atoms with Crippen LogP contribution in [0.25, 0.3) is 10.6 Å². The average molecular weight is 354 g/mol. The summed E-state index contributed by atoms with van der Waals surface area (Å²) in [6.07, 6.45) is 1.64. The Labute approximate surface area is 149 Å². The number of thiazole rings is 1. The zero-order chi connectivity index (χ0) is 17.2. The zero-order valence-corrected chi connectivity index (χ0v) is 14.6. The van der Waals surface area contributed by atoms with E-state index >= 15 is 0 Å². The average Bonchev–Trinajstić information content (AvgIpc) is 3.31. The Bertz CT molecular complexity index is 874. The molecule has 1 saturated heterocycles. The lowest BCUT2D eigenvalue weighted by molar-refractivity contribution is -0.00427. The van der Waals surface area contributed by atoms with Crippen molar-refractivity contribution >= 4 is 17.2 Å². The van der Waals surface area contributed by atoms with E-state index in [1.54, 1.807) is 35.3 Å². The fourth-order valence-electron chi connectivity index (χ4n) is 2.98. The van der Waals surface area contributed by atoms with E-state index in [0.717, 1.165) is 16.3 Å². The third-order valence-electron chi connectivity index (χ3n) is 4.31. The van der Waals surface area contributed by atoms with E-state index in [4.69, 9.17) is 9.72 Å². The van der Waals surface area contributed by atoms with Crippen molar-refractivity contribution in [3.8, 4) is 10.6 Å². The van der Waals surface area contributed by atoms with Crippen LogP contribution in [-0.4, -0.2) is 45.3 Å². The number of carbonyl (C=O) groups excluding carboxylic acids is 1. The zero-order valence-electron chi connectivity index (χ0n) is 13.8. The molecule has 1 fully saturated rings. The molecule has 4 rings (SSSR count). The maximum atomic E-state index is 12.9. The van der Waals surface area contributed by atoms with Gasteiger partial charge in [-0.15, -0.1) is 11.3 Å². The fraction of sp³-hybridized carbons (Fsp3) is 0.278. The van der Waals surface area contributed by atoms with Crippen molar-refractivity contribution in [1.82, 2.24) is 19.7 Å². The number of amides is 1. The highest BCUT2D eigenvalue weighted by atomic mass is 32.1. The van der Waals surface area contributed by atoms with Crippen LogP contribution in [0.2, 0.25) is 0 Å². The van der Waals surface area contributed by atoms with Gasteiger partial charge in [-0.1, -0.05) is 30.3 Å². The first-order valence-corrected chi connectivity index (χ1v) is 8.99. The molecule has 0 aliphatic carbocycles. The van der Waals surface area contributed by atoms with Crippen molar-refractivity contribution in [1.29, 1.82) is 0 Å². The minimum atomic E-state index is -0.176. The fourth-order valence-corrected chi connectivity index (χ4v) is 3.85. The molecule has 0 radical (unpaired) electrons. The summed E-state index contributed by atoms with van der Waals surface area (Å²) in [6.45, 7) is 1.55. The quantitative estimate of drug-likeness (QED) is 0.726. The summed E-state index contributed by atoms with van der Waals surface area (Å²) in [6, 6.07) is 11.6. The minimum absolute atomic E-state index is 0.0393. The van der Waals surface area contributed by atoms with Crippen molar-refractivity contribution in [3.63, 3.8) is 0 Å². The molecule has 6 nitrogen and oxygen atoms in total. The number of nitrogens with zero attached hydrogens (tertiary/aromatic N) is 4. The highest BCUT2D eigenvalue weighted by Crippen LogP contribution is 2.30. The van der Waals surface area contributed by atoms with Gasteiger partial charge in [0.25, 0.3) is 5.91 Å². The van der Waals surface area contributed by atoms with Gasteiger partial charge in [-0.3, -0.25) is 9.48 Å². The Balaban J connectivity index is 1.63. The molecule has 7 heteroatoms. The highest BCUT2D eigenvalue weighted by molar-refractivity contribution is 7.13. The lowest BCUT2D eigenvalue weighted by Gasteiger charge is -2.34. The van der Waals surface area contributed by atoms with Crippen LogP contribution in [0.4, 0.5) is 0 Å². The molecule has 0 spiro atoms. The third-order valence-corrected chi connectivity index (χ3v) is 5.22. The molecular weight excluding hydrogens is 336 g/mol. The van der Waals surface area contributed by atoms with E-state index in [2.05, 4.69) is 5.10 Å². The van der Waals surface area contributed by atoms with E-state index in [9.17, 15) is 4.79 Å². The Morgan fingerprint density at radius 3 is 2.88 bits per heavy atom. The van der Waals surface area contributed by atoms with Crippen molar-refractivity contribution in [2.75, 3.05) is 19.8 Å². The number of carbonyl (C=O) groups is 1. The van der Waals surface area contributed by atoms with Crippen molar-refractivity contribution in [2.24, 2.45) is 7.05 Å². The summed E-state index contributed by atoms with van der Waals surface area (Å²) in [4.78, 5) is 19.5. The number of hydrogen-bond acceptors (Lipinski definition) is 5. The molecule has 2 aromatic heterocycles. The predicted octanol–water partition coefficient (Wildman–Crippen LogP) is 2.76. The molecule has 3 heterocycles. The summed E-state index contributed by atoms with van der Waals surface area (Å²) in [5.41, 5.74) is 2.53. The topological polar surface area (TPSA) is 60.2 Å². The second kappa shape index (κ2) is 6.78. The number of hydrogen-bond donors (Lipinski definition) is 0. The Morgan fingerprint density at radius 2 is 2.12 bits per heavy atom. The van der Waals surface area contributed by atoms with E-state index in [1.165, 1.54) is 0 Å². The van der Waals surface area contributed by atoms with Crippen LogP contribution in [0.15, 0.2) is 48.0 Å². The van der Waals surface area contributed by atoms with Gasteiger partial charge >= 0.3 is 0 Å². The second-order valence-electron chi connectivity index (χ2n) is 5.87. The standard InChI is InChI=1S/C18H18N4O2S/c1-21-15(7-8-19-21)18(23)22-9-10-24-11-16(22)14-12-25-17(20-14)13-5-3-2-4-6-13/h2-8,12,16H,9-11H2,1H3/t16-/m0/s1. The summed E-state index contributed by atoms with van der Waals surface area (Å²) in [5.74, 6) is -0.0393. The van der Waals surface area contributed by atoms with E-state index in [0.29, 0.717) is 25.5 Å². The molecule has 25 heavy (non-hydrogen) atoms. The SMILES string of the molecule is Cn1nccc1C(=O)N1CCOC[C@H]1c1csc(-c2ccccc2)n1. The number of ether oxygens (including phenoxy) is 1. The first kappa shape index (κ1) is 16.0. The van der Waals surface area contributed by atoms with Gasteiger partial charge in [-0.2, -0.15) is 5.10 Å².